The topological polar surface area (TPSA) is 82.6 Å². The molecule has 0 aliphatic heterocycles. The Hall–Kier alpha value is -1.07. The van der Waals surface area contributed by atoms with Gasteiger partial charge in [0.1, 0.15) is 0 Å². The van der Waals surface area contributed by atoms with E-state index in [1.807, 2.05) is 24.3 Å². The molecule has 0 aliphatic rings. The van der Waals surface area contributed by atoms with Gasteiger partial charge < -0.3 is 10.6 Å². The van der Waals surface area contributed by atoms with Gasteiger partial charge in [-0.1, -0.05) is 53.5 Å². The average molecular weight is 557 g/mol. The van der Waals surface area contributed by atoms with Crippen molar-refractivity contribution in [3.8, 4) is 0 Å². The van der Waals surface area contributed by atoms with E-state index in [4.69, 9.17) is 23.2 Å². The Kier molecular flexibility index (Phi) is 10.5. The van der Waals surface area contributed by atoms with Crippen molar-refractivity contribution >= 4 is 63.2 Å². The first-order chi connectivity index (χ1) is 12.8. The lowest BCUT2D eigenvalue weighted by molar-refractivity contribution is 0.587. The molecule has 0 spiro atoms. The maximum atomic E-state index is 11.7. The molecule has 0 saturated heterocycles. The van der Waals surface area contributed by atoms with Crippen LogP contribution in [0.1, 0.15) is 16.7 Å². The van der Waals surface area contributed by atoms with Gasteiger partial charge in [0.05, 0.1) is 5.75 Å². The molecule has 2 aromatic carbocycles. The lowest BCUT2D eigenvalue weighted by Gasteiger charge is -2.13. The van der Waals surface area contributed by atoms with Crippen LogP contribution >= 0.6 is 47.2 Å². The van der Waals surface area contributed by atoms with E-state index in [1.54, 1.807) is 25.2 Å². The number of nitrogens with zero attached hydrogens (tertiary/aromatic N) is 1. The highest BCUT2D eigenvalue weighted by atomic mass is 127. The highest BCUT2D eigenvalue weighted by Gasteiger charge is 2.09. The van der Waals surface area contributed by atoms with Crippen molar-refractivity contribution in [3.63, 3.8) is 0 Å². The summed E-state index contributed by atoms with van der Waals surface area (Å²) in [6, 6.07) is 12.7. The summed E-state index contributed by atoms with van der Waals surface area (Å²) in [5, 5.41) is 7.56. The molecule has 0 fully saturated rings. The summed E-state index contributed by atoms with van der Waals surface area (Å²) in [6.45, 7) is 0.998. The van der Waals surface area contributed by atoms with Crippen LogP contribution in [0, 0.1) is 0 Å². The number of aliphatic imine (C=N–C) groups is 1. The van der Waals surface area contributed by atoms with Gasteiger partial charge in [-0.05, 0) is 35.9 Å². The van der Waals surface area contributed by atoms with Gasteiger partial charge >= 0.3 is 0 Å². The number of sulfonamides is 1. The molecule has 0 amide bonds. The number of benzene rings is 2. The molecule has 28 heavy (non-hydrogen) atoms. The number of halogens is 3. The van der Waals surface area contributed by atoms with E-state index in [2.05, 4.69) is 20.3 Å². The van der Waals surface area contributed by atoms with E-state index >= 15 is 0 Å². The highest BCUT2D eigenvalue weighted by molar-refractivity contribution is 14.0. The van der Waals surface area contributed by atoms with Crippen LogP contribution in [0.2, 0.25) is 10.0 Å². The maximum Gasteiger partial charge on any atom is 0.215 e. The quantitative estimate of drug-likeness (QED) is 0.277. The lowest BCUT2D eigenvalue weighted by atomic mass is 10.1. The standard InChI is InChI=1S/C18H22Cl2N4O2S.HI/c1-21-18(24-11-15-6-7-16(19)9-17(15)20)23-10-13-4-3-5-14(8-13)12-27(25,26)22-2;/h3-9,22H,10-12H2,1-2H3,(H2,21,23,24);1H. The van der Waals surface area contributed by atoms with Crippen LogP contribution in [0.3, 0.4) is 0 Å². The molecule has 3 N–H and O–H groups in total. The molecular formula is C18H23Cl2IN4O2S. The van der Waals surface area contributed by atoms with Gasteiger partial charge in [-0.3, -0.25) is 4.99 Å². The second kappa shape index (κ2) is 11.8. The molecule has 0 atom stereocenters. The molecule has 0 radical (unpaired) electrons. The van der Waals surface area contributed by atoms with Crippen LogP contribution in [0.15, 0.2) is 47.5 Å². The SMILES string of the molecule is CN=C(NCc1cccc(CS(=O)(=O)NC)c1)NCc1ccc(Cl)cc1Cl.I. The summed E-state index contributed by atoms with van der Waals surface area (Å²) in [5.74, 6) is 0.550. The molecule has 0 bridgehead atoms. The van der Waals surface area contributed by atoms with Crippen molar-refractivity contribution < 1.29 is 8.42 Å². The zero-order valence-corrected chi connectivity index (χ0v) is 20.2. The third kappa shape index (κ3) is 8.12. The molecule has 10 heteroatoms. The summed E-state index contributed by atoms with van der Waals surface area (Å²) in [6.07, 6.45) is 0. The zero-order chi connectivity index (χ0) is 19.9. The minimum atomic E-state index is -3.30. The monoisotopic (exact) mass is 556 g/mol. The molecule has 2 rings (SSSR count). The smallest absolute Gasteiger partial charge is 0.215 e. The van der Waals surface area contributed by atoms with Gasteiger partial charge in [-0.2, -0.15) is 0 Å². The average Bonchev–Trinajstić information content (AvgIpc) is 2.63. The number of hydrogen-bond donors (Lipinski definition) is 3. The Morgan fingerprint density at radius 2 is 1.71 bits per heavy atom. The Morgan fingerprint density at radius 3 is 2.36 bits per heavy atom. The summed E-state index contributed by atoms with van der Waals surface area (Å²) in [5.41, 5.74) is 2.58. The van der Waals surface area contributed by atoms with Gasteiger partial charge in [0.15, 0.2) is 5.96 Å². The van der Waals surface area contributed by atoms with Crippen LogP contribution < -0.4 is 15.4 Å². The van der Waals surface area contributed by atoms with Crippen LogP contribution in [-0.2, 0) is 28.9 Å². The third-order valence-corrected chi connectivity index (χ3v) is 5.73. The highest BCUT2D eigenvalue weighted by Crippen LogP contribution is 2.20. The summed E-state index contributed by atoms with van der Waals surface area (Å²) in [7, 11) is -0.219. The molecule has 0 aromatic heterocycles. The molecular weight excluding hydrogens is 534 g/mol. The summed E-state index contributed by atoms with van der Waals surface area (Å²) in [4.78, 5) is 4.18. The van der Waals surface area contributed by atoms with Crippen molar-refractivity contribution in [2.45, 2.75) is 18.8 Å². The van der Waals surface area contributed by atoms with Gasteiger partial charge in [0, 0.05) is 30.2 Å². The molecule has 6 nitrogen and oxygen atoms in total. The largest absolute Gasteiger partial charge is 0.352 e. The number of guanidine groups is 1. The first-order valence-electron chi connectivity index (χ1n) is 8.20. The summed E-state index contributed by atoms with van der Waals surface area (Å²) >= 11 is 12.1. The normalized spacial score (nSPS) is 11.6. The van der Waals surface area contributed by atoms with E-state index < -0.39 is 10.0 Å². The van der Waals surface area contributed by atoms with Gasteiger partial charge in [0.25, 0.3) is 0 Å². The lowest BCUT2D eigenvalue weighted by Crippen LogP contribution is -2.36. The van der Waals surface area contributed by atoms with E-state index in [9.17, 15) is 8.42 Å². The van der Waals surface area contributed by atoms with E-state index in [0.29, 0.717) is 29.1 Å². The minimum Gasteiger partial charge on any atom is -0.352 e. The second-order valence-corrected chi connectivity index (χ2v) is 8.57. The first-order valence-corrected chi connectivity index (χ1v) is 10.6. The maximum absolute atomic E-state index is 11.7. The molecule has 154 valence electrons. The molecule has 0 unspecified atom stereocenters. The number of rotatable bonds is 7. The van der Waals surface area contributed by atoms with Crippen molar-refractivity contribution in [3.05, 3.63) is 69.2 Å². The Bertz CT molecular complexity index is 924. The minimum absolute atomic E-state index is 0. The van der Waals surface area contributed by atoms with E-state index in [-0.39, 0.29) is 29.7 Å². The number of nitrogens with one attached hydrogen (secondary N) is 3. The fourth-order valence-electron chi connectivity index (χ4n) is 2.37. The summed E-state index contributed by atoms with van der Waals surface area (Å²) < 4.78 is 25.7. The first kappa shape index (κ1) is 25.0. The van der Waals surface area contributed by atoms with Crippen molar-refractivity contribution in [1.82, 2.24) is 15.4 Å². The van der Waals surface area contributed by atoms with Crippen LogP contribution in [0.25, 0.3) is 0 Å². The van der Waals surface area contributed by atoms with Gasteiger partial charge in [0.2, 0.25) is 10.0 Å². The Morgan fingerprint density at radius 1 is 1.04 bits per heavy atom. The Labute approximate surface area is 193 Å². The van der Waals surface area contributed by atoms with E-state index in [1.165, 1.54) is 7.05 Å². The van der Waals surface area contributed by atoms with Crippen LogP contribution in [0.5, 0.6) is 0 Å². The molecule has 0 heterocycles. The molecule has 0 saturated carbocycles. The fourth-order valence-corrected chi connectivity index (χ4v) is 3.61. The second-order valence-electron chi connectivity index (χ2n) is 5.80. The zero-order valence-electron chi connectivity index (χ0n) is 15.5. The predicted octanol–water partition coefficient (Wildman–Crippen LogP) is 3.53. The van der Waals surface area contributed by atoms with Gasteiger partial charge in [-0.15, -0.1) is 24.0 Å². The van der Waals surface area contributed by atoms with Crippen LogP contribution in [0.4, 0.5) is 0 Å². The molecule has 2 aromatic rings. The van der Waals surface area contributed by atoms with E-state index in [0.717, 1.165) is 16.7 Å². The fraction of sp³-hybridized carbons (Fsp3) is 0.278. The van der Waals surface area contributed by atoms with Crippen molar-refractivity contribution in [2.24, 2.45) is 4.99 Å². The van der Waals surface area contributed by atoms with Crippen molar-refractivity contribution in [2.75, 3.05) is 14.1 Å². The molecule has 0 aliphatic carbocycles. The Balaban J connectivity index is 0.00000392. The number of hydrogen-bond acceptors (Lipinski definition) is 3. The predicted molar refractivity (Wildman–Crippen MR) is 127 cm³/mol. The van der Waals surface area contributed by atoms with Crippen LogP contribution in [-0.4, -0.2) is 28.5 Å². The third-order valence-electron chi connectivity index (χ3n) is 3.80. The van der Waals surface area contributed by atoms with Crippen molar-refractivity contribution in [1.29, 1.82) is 0 Å². The van der Waals surface area contributed by atoms with Gasteiger partial charge in [-0.25, -0.2) is 13.1 Å².